The predicted molar refractivity (Wildman–Crippen MR) is 118 cm³/mol. The highest BCUT2D eigenvalue weighted by molar-refractivity contribution is 5.85. The summed E-state index contributed by atoms with van der Waals surface area (Å²) in [6, 6.07) is 0.709. The number of hydrogen-bond acceptors (Lipinski definition) is 4. The van der Waals surface area contributed by atoms with Crippen LogP contribution in [0.25, 0.3) is 0 Å². The van der Waals surface area contributed by atoms with Gasteiger partial charge in [-0.3, -0.25) is 9.69 Å². The molecule has 5 atom stereocenters. The molecular weight excluding hydrogens is 397 g/mol. The van der Waals surface area contributed by atoms with Gasteiger partial charge < -0.3 is 15.0 Å². The van der Waals surface area contributed by atoms with E-state index < -0.39 is 0 Å². The average molecular weight is 436 g/mol. The van der Waals surface area contributed by atoms with E-state index >= 15 is 0 Å². The van der Waals surface area contributed by atoms with E-state index in [1.807, 2.05) is 0 Å². The molecule has 0 radical (unpaired) electrons. The number of ether oxygens (including phenoxy) is 1. The Hall–Kier alpha value is -0.0700. The van der Waals surface area contributed by atoms with Crippen molar-refractivity contribution in [2.45, 2.75) is 83.1 Å². The van der Waals surface area contributed by atoms with Gasteiger partial charge in [0.05, 0.1) is 18.2 Å². The third-order valence-electron chi connectivity index (χ3n) is 7.10. The van der Waals surface area contributed by atoms with E-state index in [1.54, 1.807) is 0 Å². The van der Waals surface area contributed by atoms with Crippen LogP contribution in [0.2, 0.25) is 0 Å². The summed E-state index contributed by atoms with van der Waals surface area (Å²) in [7, 11) is 0. The number of carbonyl (C=O) groups is 1. The molecule has 3 heterocycles. The van der Waals surface area contributed by atoms with Crippen LogP contribution in [0.3, 0.4) is 0 Å². The second-order valence-electron chi connectivity index (χ2n) is 9.35. The van der Waals surface area contributed by atoms with Crippen molar-refractivity contribution >= 4 is 30.7 Å². The molecule has 5 nitrogen and oxygen atoms in total. The van der Waals surface area contributed by atoms with E-state index in [0.29, 0.717) is 24.2 Å². The third kappa shape index (κ3) is 5.75. The fourth-order valence-corrected chi connectivity index (χ4v) is 5.87. The third-order valence-corrected chi connectivity index (χ3v) is 7.10. The van der Waals surface area contributed by atoms with Crippen LogP contribution in [0.4, 0.5) is 0 Å². The summed E-state index contributed by atoms with van der Waals surface area (Å²) >= 11 is 0. The first-order valence-corrected chi connectivity index (χ1v) is 11.0. The van der Waals surface area contributed by atoms with Crippen LogP contribution >= 0.6 is 24.8 Å². The number of nitrogens with zero attached hydrogens (tertiary/aromatic N) is 2. The molecule has 1 saturated carbocycles. The predicted octanol–water partition coefficient (Wildman–Crippen LogP) is 3.10. The first-order chi connectivity index (χ1) is 12.6. The Kier molecular flexibility index (Phi) is 9.34. The topological polar surface area (TPSA) is 44.8 Å². The lowest BCUT2D eigenvalue weighted by atomic mass is 9.85. The molecule has 0 aromatic heterocycles. The van der Waals surface area contributed by atoms with E-state index in [9.17, 15) is 4.79 Å². The van der Waals surface area contributed by atoms with E-state index in [1.165, 1.54) is 32.2 Å². The standard InChI is InChI=1S/C21H37N3O2.2ClH/c1-15-12-23(13-16(2)26-15)14-17-7-9-24(10-8-17)21(25)20-11-18-5-3-4-6-19(18)22-20;;/h15-20,22H,3-14H2,1-2H3;2*1H. The number of rotatable bonds is 3. The maximum atomic E-state index is 13.0. The van der Waals surface area contributed by atoms with Crippen molar-refractivity contribution < 1.29 is 9.53 Å². The molecule has 0 bridgehead atoms. The maximum Gasteiger partial charge on any atom is 0.239 e. The summed E-state index contributed by atoms with van der Waals surface area (Å²) in [5.41, 5.74) is 0. The Morgan fingerprint density at radius 1 is 1.00 bits per heavy atom. The Balaban J connectivity index is 0.00000140. The first kappa shape index (κ1) is 24.2. The Morgan fingerprint density at radius 2 is 1.64 bits per heavy atom. The molecule has 7 heteroatoms. The van der Waals surface area contributed by atoms with E-state index in [0.717, 1.165) is 57.3 Å². The molecule has 0 spiro atoms. The number of morpholine rings is 1. The second-order valence-corrected chi connectivity index (χ2v) is 9.35. The number of piperidine rings is 1. The number of fused-ring (bicyclic) bond motifs is 1. The van der Waals surface area contributed by atoms with Crippen LogP contribution in [0.15, 0.2) is 0 Å². The highest BCUT2D eigenvalue weighted by Gasteiger charge is 2.40. The van der Waals surface area contributed by atoms with Crippen molar-refractivity contribution in [1.29, 1.82) is 0 Å². The normalized spacial score (nSPS) is 36.9. The van der Waals surface area contributed by atoms with Gasteiger partial charge in [-0.25, -0.2) is 0 Å². The van der Waals surface area contributed by atoms with Gasteiger partial charge in [0, 0.05) is 38.8 Å². The molecule has 0 aromatic carbocycles. The monoisotopic (exact) mass is 435 g/mol. The molecule has 1 aliphatic carbocycles. The van der Waals surface area contributed by atoms with Crippen LogP contribution in [-0.2, 0) is 9.53 Å². The SMILES string of the molecule is CC1CN(CC2CCN(C(=O)C3CC4CCCCC4N3)CC2)CC(C)O1.Cl.Cl. The Morgan fingerprint density at radius 3 is 2.29 bits per heavy atom. The number of carbonyl (C=O) groups excluding carboxylic acids is 1. The number of amides is 1. The number of hydrogen-bond donors (Lipinski definition) is 1. The quantitative estimate of drug-likeness (QED) is 0.739. The Labute approximate surface area is 183 Å². The van der Waals surface area contributed by atoms with Crippen LogP contribution in [-0.4, -0.2) is 72.7 Å². The van der Waals surface area contributed by atoms with Gasteiger partial charge in [0.1, 0.15) is 0 Å². The van der Waals surface area contributed by atoms with Crippen molar-refractivity contribution in [3.63, 3.8) is 0 Å². The number of likely N-dealkylation sites (tertiary alicyclic amines) is 1. The minimum Gasteiger partial charge on any atom is -0.373 e. The highest BCUT2D eigenvalue weighted by Crippen LogP contribution is 2.34. The van der Waals surface area contributed by atoms with Gasteiger partial charge in [0.2, 0.25) is 5.91 Å². The summed E-state index contributed by atoms with van der Waals surface area (Å²) in [5.74, 6) is 1.86. The summed E-state index contributed by atoms with van der Waals surface area (Å²) in [6.45, 7) is 9.54. The molecule has 1 N–H and O–H groups in total. The zero-order chi connectivity index (χ0) is 18.1. The molecule has 28 heavy (non-hydrogen) atoms. The minimum absolute atomic E-state index is 0. The highest BCUT2D eigenvalue weighted by atomic mass is 35.5. The molecule has 5 unspecified atom stereocenters. The van der Waals surface area contributed by atoms with Gasteiger partial charge in [0.25, 0.3) is 0 Å². The smallest absolute Gasteiger partial charge is 0.239 e. The minimum atomic E-state index is 0. The molecule has 4 aliphatic rings. The van der Waals surface area contributed by atoms with Gasteiger partial charge in [0.15, 0.2) is 0 Å². The average Bonchev–Trinajstić information content (AvgIpc) is 3.05. The van der Waals surface area contributed by atoms with E-state index in [-0.39, 0.29) is 30.9 Å². The van der Waals surface area contributed by atoms with Gasteiger partial charge in [-0.2, -0.15) is 0 Å². The van der Waals surface area contributed by atoms with Crippen molar-refractivity contribution in [3.05, 3.63) is 0 Å². The van der Waals surface area contributed by atoms with Gasteiger partial charge in [-0.1, -0.05) is 12.8 Å². The number of halogens is 2. The Bertz CT molecular complexity index is 478. The fourth-order valence-electron chi connectivity index (χ4n) is 5.87. The van der Waals surface area contributed by atoms with Crippen LogP contribution < -0.4 is 5.32 Å². The molecule has 0 aromatic rings. The zero-order valence-electron chi connectivity index (χ0n) is 17.5. The van der Waals surface area contributed by atoms with Gasteiger partial charge in [-0.15, -0.1) is 24.8 Å². The van der Waals surface area contributed by atoms with Crippen molar-refractivity contribution in [2.75, 3.05) is 32.7 Å². The van der Waals surface area contributed by atoms with Crippen LogP contribution in [0, 0.1) is 11.8 Å². The maximum absolute atomic E-state index is 13.0. The largest absolute Gasteiger partial charge is 0.373 e. The molecular formula is C21H39Cl2N3O2. The van der Waals surface area contributed by atoms with Crippen molar-refractivity contribution in [2.24, 2.45) is 11.8 Å². The fraction of sp³-hybridized carbons (Fsp3) is 0.952. The zero-order valence-corrected chi connectivity index (χ0v) is 19.1. The van der Waals surface area contributed by atoms with E-state index in [4.69, 9.17) is 4.74 Å². The lowest BCUT2D eigenvalue weighted by Gasteiger charge is -2.40. The summed E-state index contributed by atoms with van der Waals surface area (Å²) in [4.78, 5) is 17.7. The van der Waals surface area contributed by atoms with Crippen LogP contribution in [0.1, 0.15) is 58.8 Å². The molecule has 3 aliphatic heterocycles. The number of nitrogens with one attached hydrogen (secondary N) is 1. The molecule has 3 saturated heterocycles. The lowest BCUT2D eigenvalue weighted by molar-refractivity contribution is -0.134. The summed E-state index contributed by atoms with van der Waals surface area (Å²) in [6.07, 6.45) is 9.36. The first-order valence-electron chi connectivity index (χ1n) is 11.0. The summed E-state index contributed by atoms with van der Waals surface area (Å²) < 4.78 is 5.85. The van der Waals surface area contributed by atoms with Gasteiger partial charge in [-0.05, 0) is 57.8 Å². The van der Waals surface area contributed by atoms with E-state index in [2.05, 4.69) is 29.0 Å². The molecule has 1 amide bonds. The van der Waals surface area contributed by atoms with Crippen molar-refractivity contribution in [3.8, 4) is 0 Å². The van der Waals surface area contributed by atoms with Gasteiger partial charge >= 0.3 is 0 Å². The van der Waals surface area contributed by atoms with Crippen LogP contribution in [0.5, 0.6) is 0 Å². The van der Waals surface area contributed by atoms with Crippen molar-refractivity contribution in [1.82, 2.24) is 15.1 Å². The second kappa shape index (κ2) is 10.8. The molecule has 164 valence electrons. The molecule has 4 fully saturated rings. The lowest BCUT2D eigenvalue weighted by Crippen LogP contribution is -2.51. The summed E-state index contributed by atoms with van der Waals surface area (Å²) in [5, 5.41) is 3.66. The molecule has 4 rings (SSSR count).